The van der Waals surface area contributed by atoms with Gasteiger partial charge in [0.25, 0.3) is 0 Å². The Morgan fingerprint density at radius 2 is 1.82 bits per heavy atom. The largest absolute Gasteiger partial charge is 0.416 e. The fourth-order valence-corrected chi connectivity index (χ4v) is 1.93. The van der Waals surface area contributed by atoms with E-state index >= 15 is 0 Å². The van der Waals surface area contributed by atoms with Crippen LogP contribution >= 0.6 is 12.4 Å². The van der Waals surface area contributed by atoms with Crippen molar-refractivity contribution in [1.82, 2.24) is 10.6 Å². The van der Waals surface area contributed by atoms with E-state index in [0.717, 1.165) is 12.6 Å². The Morgan fingerprint density at radius 1 is 1.12 bits per heavy atom. The standard InChI is InChI=1S/C11H13F3N2.ClH/c12-11(13,14)9-4-2-1-3-8(9)10-7-15-5-6-16-10;/h1-4,10,15-16H,5-7H2;1H/t10-;/m1./s1. The van der Waals surface area contributed by atoms with Crippen LogP contribution in [-0.2, 0) is 6.18 Å². The van der Waals surface area contributed by atoms with Gasteiger partial charge in [-0.15, -0.1) is 12.4 Å². The van der Waals surface area contributed by atoms with Crippen LogP contribution in [0.1, 0.15) is 17.2 Å². The summed E-state index contributed by atoms with van der Waals surface area (Å²) in [6, 6.07) is 5.47. The number of nitrogens with one attached hydrogen (secondary N) is 2. The van der Waals surface area contributed by atoms with Crippen molar-refractivity contribution in [3.05, 3.63) is 35.4 Å². The molecule has 2 rings (SSSR count). The molecule has 1 aliphatic rings. The fraction of sp³-hybridized carbons (Fsp3) is 0.455. The van der Waals surface area contributed by atoms with E-state index in [1.165, 1.54) is 12.1 Å². The molecule has 0 unspecified atom stereocenters. The van der Waals surface area contributed by atoms with Crippen molar-refractivity contribution in [2.45, 2.75) is 12.2 Å². The Balaban J connectivity index is 0.00000144. The molecule has 1 heterocycles. The molecule has 0 radical (unpaired) electrons. The molecule has 0 aliphatic carbocycles. The highest BCUT2D eigenvalue weighted by Crippen LogP contribution is 2.34. The van der Waals surface area contributed by atoms with Crippen molar-refractivity contribution in [3.8, 4) is 0 Å². The van der Waals surface area contributed by atoms with Crippen LogP contribution in [0.3, 0.4) is 0 Å². The normalized spacial score (nSPS) is 20.8. The maximum Gasteiger partial charge on any atom is 0.416 e. The van der Waals surface area contributed by atoms with Crippen LogP contribution in [0.4, 0.5) is 13.2 Å². The van der Waals surface area contributed by atoms with E-state index in [1.807, 2.05) is 0 Å². The van der Waals surface area contributed by atoms with E-state index in [-0.39, 0.29) is 18.4 Å². The summed E-state index contributed by atoms with van der Waals surface area (Å²) in [5.41, 5.74) is -0.224. The van der Waals surface area contributed by atoms with Crippen LogP contribution < -0.4 is 10.6 Å². The van der Waals surface area contributed by atoms with Crippen LogP contribution in [0.15, 0.2) is 24.3 Å². The van der Waals surface area contributed by atoms with E-state index in [0.29, 0.717) is 18.7 Å². The summed E-state index contributed by atoms with van der Waals surface area (Å²) in [5, 5.41) is 6.17. The zero-order valence-electron chi connectivity index (χ0n) is 9.05. The lowest BCUT2D eigenvalue weighted by atomic mass is 9.99. The summed E-state index contributed by atoms with van der Waals surface area (Å²) in [4.78, 5) is 0. The van der Waals surface area contributed by atoms with Gasteiger partial charge in [0.05, 0.1) is 5.56 Å². The molecule has 0 aromatic heterocycles. The van der Waals surface area contributed by atoms with E-state index in [9.17, 15) is 13.2 Å². The van der Waals surface area contributed by atoms with Gasteiger partial charge in [-0.2, -0.15) is 13.2 Å². The minimum absolute atomic E-state index is 0. The summed E-state index contributed by atoms with van der Waals surface area (Å²) < 4.78 is 38.3. The molecule has 0 amide bonds. The molecule has 17 heavy (non-hydrogen) atoms. The van der Waals surface area contributed by atoms with Crippen molar-refractivity contribution < 1.29 is 13.2 Å². The molecule has 0 spiro atoms. The molecule has 1 aromatic rings. The van der Waals surface area contributed by atoms with Gasteiger partial charge >= 0.3 is 6.18 Å². The topological polar surface area (TPSA) is 24.1 Å². The zero-order chi connectivity index (χ0) is 11.6. The highest BCUT2D eigenvalue weighted by atomic mass is 35.5. The summed E-state index contributed by atoms with van der Waals surface area (Å²) in [6.07, 6.45) is -4.28. The van der Waals surface area contributed by atoms with Crippen LogP contribution in [0, 0.1) is 0 Å². The van der Waals surface area contributed by atoms with Crippen LogP contribution in [-0.4, -0.2) is 19.6 Å². The molecule has 1 aliphatic heterocycles. The van der Waals surface area contributed by atoms with E-state index in [4.69, 9.17) is 0 Å². The van der Waals surface area contributed by atoms with Gasteiger partial charge in [0, 0.05) is 25.7 Å². The van der Waals surface area contributed by atoms with Gasteiger partial charge < -0.3 is 10.6 Å². The fourth-order valence-electron chi connectivity index (χ4n) is 1.93. The Labute approximate surface area is 104 Å². The zero-order valence-corrected chi connectivity index (χ0v) is 9.87. The molecule has 1 saturated heterocycles. The lowest BCUT2D eigenvalue weighted by Gasteiger charge is -2.27. The second kappa shape index (κ2) is 5.71. The van der Waals surface area contributed by atoms with Gasteiger partial charge in [-0.25, -0.2) is 0 Å². The van der Waals surface area contributed by atoms with Crippen molar-refractivity contribution in [3.63, 3.8) is 0 Å². The third kappa shape index (κ3) is 3.34. The smallest absolute Gasteiger partial charge is 0.314 e. The summed E-state index contributed by atoms with van der Waals surface area (Å²) in [6.45, 7) is 2.02. The van der Waals surface area contributed by atoms with E-state index in [1.54, 1.807) is 6.07 Å². The predicted octanol–water partition coefficient (Wildman–Crippen LogP) is 2.36. The van der Waals surface area contributed by atoms with Crippen molar-refractivity contribution in [2.75, 3.05) is 19.6 Å². The van der Waals surface area contributed by atoms with Crippen LogP contribution in [0.25, 0.3) is 0 Å². The average molecular weight is 267 g/mol. The second-order valence-electron chi connectivity index (χ2n) is 3.80. The Bertz CT molecular complexity index is 362. The van der Waals surface area contributed by atoms with Gasteiger partial charge in [-0.05, 0) is 11.6 Å². The number of benzene rings is 1. The number of alkyl halides is 3. The average Bonchev–Trinajstić information content (AvgIpc) is 2.29. The van der Waals surface area contributed by atoms with Gasteiger partial charge in [-0.3, -0.25) is 0 Å². The maximum absolute atomic E-state index is 12.8. The molecular weight excluding hydrogens is 253 g/mol. The molecule has 96 valence electrons. The number of piperazine rings is 1. The molecule has 1 aromatic carbocycles. The highest BCUT2D eigenvalue weighted by molar-refractivity contribution is 5.85. The molecule has 2 nitrogen and oxygen atoms in total. The van der Waals surface area contributed by atoms with Crippen molar-refractivity contribution in [2.24, 2.45) is 0 Å². The molecule has 1 atom stereocenters. The van der Waals surface area contributed by atoms with Crippen LogP contribution in [0.2, 0.25) is 0 Å². The van der Waals surface area contributed by atoms with Gasteiger partial charge in [0.2, 0.25) is 0 Å². The predicted molar refractivity (Wildman–Crippen MR) is 62.3 cm³/mol. The minimum Gasteiger partial charge on any atom is -0.314 e. The van der Waals surface area contributed by atoms with E-state index < -0.39 is 11.7 Å². The highest BCUT2D eigenvalue weighted by Gasteiger charge is 2.35. The SMILES string of the molecule is Cl.FC(F)(F)c1ccccc1[C@H]1CNCCN1. The van der Waals surface area contributed by atoms with Crippen molar-refractivity contribution in [1.29, 1.82) is 0 Å². The van der Waals surface area contributed by atoms with Gasteiger partial charge in [0.15, 0.2) is 0 Å². The number of rotatable bonds is 1. The molecule has 0 saturated carbocycles. The second-order valence-corrected chi connectivity index (χ2v) is 3.80. The Kier molecular flexibility index (Phi) is 4.80. The lowest BCUT2D eigenvalue weighted by molar-refractivity contribution is -0.138. The summed E-state index contributed by atoms with van der Waals surface area (Å²) in [7, 11) is 0. The van der Waals surface area contributed by atoms with E-state index in [2.05, 4.69) is 10.6 Å². The van der Waals surface area contributed by atoms with Gasteiger partial charge in [-0.1, -0.05) is 18.2 Å². The quantitative estimate of drug-likeness (QED) is 0.815. The maximum atomic E-state index is 12.8. The van der Waals surface area contributed by atoms with Crippen molar-refractivity contribution >= 4 is 12.4 Å². The Hall–Kier alpha value is -0.780. The molecule has 6 heteroatoms. The lowest BCUT2D eigenvalue weighted by Crippen LogP contribution is -2.43. The molecule has 1 fully saturated rings. The first-order valence-electron chi connectivity index (χ1n) is 5.19. The minimum atomic E-state index is -4.28. The molecule has 0 bridgehead atoms. The first-order valence-corrected chi connectivity index (χ1v) is 5.19. The third-order valence-corrected chi connectivity index (χ3v) is 2.68. The molecular formula is C11H14ClF3N2. The number of halogens is 4. The summed E-state index contributed by atoms with van der Waals surface area (Å²) in [5.74, 6) is 0. The monoisotopic (exact) mass is 266 g/mol. The van der Waals surface area contributed by atoms with Crippen LogP contribution in [0.5, 0.6) is 0 Å². The third-order valence-electron chi connectivity index (χ3n) is 2.68. The van der Waals surface area contributed by atoms with Gasteiger partial charge in [0.1, 0.15) is 0 Å². The molecule has 2 N–H and O–H groups in total. The number of hydrogen-bond acceptors (Lipinski definition) is 2. The first-order chi connectivity index (χ1) is 7.59. The summed E-state index contributed by atoms with van der Waals surface area (Å²) >= 11 is 0. The number of hydrogen-bond donors (Lipinski definition) is 2. The Morgan fingerprint density at radius 3 is 2.41 bits per heavy atom. The first kappa shape index (κ1) is 14.3.